The SMILES string of the molecule is CCCC(OCC)C(Cc1c(C)cc(C)cc1C)NC. The van der Waals surface area contributed by atoms with Gasteiger partial charge in [0.25, 0.3) is 0 Å². The summed E-state index contributed by atoms with van der Waals surface area (Å²) in [5.74, 6) is 0. The minimum Gasteiger partial charge on any atom is -0.377 e. The van der Waals surface area contributed by atoms with Crippen LogP contribution >= 0.6 is 0 Å². The first-order valence-electron chi connectivity index (χ1n) is 7.89. The second kappa shape index (κ2) is 8.43. The van der Waals surface area contributed by atoms with Gasteiger partial charge >= 0.3 is 0 Å². The van der Waals surface area contributed by atoms with Crippen LogP contribution in [0.25, 0.3) is 0 Å². The number of aryl methyl sites for hydroxylation is 3. The molecule has 0 aliphatic heterocycles. The third-order valence-electron chi connectivity index (χ3n) is 4.04. The lowest BCUT2D eigenvalue weighted by atomic mass is 9.91. The molecule has 2 nitrogen and oxygen atoms in total. The van der Waals surface area contributed by atoms with E-state index in [1.807, 2.05) is 7.05 Å². The topological polar surface area (TPSA) is 21.3 Å². The fraction of sp³-hybridized carbons (Fsp3) is 0.667. The molecule has 0 aliphatic carbocycles. The average Bonchev–Trinajstić information content (AvgIpc) is 2.38. The smallest absolute Gasteiger partial charge is 0.0730 e. The molecule has 114 valence electrons. The Morgan fingerprint density at radius 3 is 2.15 bits per heavy atom. The Morgan fingerprint density at radius 1 is 1.10 bits per heavy atom. The number of ether oxygens (including phenoxy) is 1. The second-order valence-corrected chi connectivity index (χ2v) is 5.76. The molecule has 1 aromatic carbocycles. The lowest BCUT2D eigenvalue weighted by Gasteiger charge is -2.28. The number of benzene rings is 1. The highest BCUT2D eigenvalue weighted by Gasteiger charge is 2.21. The molecule has 0 aromatic heterocycles. The number of likely N-dealkylation sites (N-methyl/N-ethyl adjacent to an activating group) is 1. The van der Waals surface area contributed by atoms with Gasteiger partial charge in [-0.1, -0.05) is 31.0 Å². The zero-order valence-electron chi connectivity index (χ0n) is 14.0. The van der Waals surface area contributed by atoms with Gasteiger partial charge in [0.2, 0.25) is 0 Å². The van der Waals surface area contributed by atoms with Crippen molar-refractivity contribution >= 4 is 0 Å². The van der Waals surface area contributed by atoms with E-state index >= 15 is 0 Å². The molecule has 0 spiro atoms. The van der Waals surface area contributed by atoms with Crippen molar-refractivity contribution in [3.05, 3.63) is 34.4 Å². The van der Waals surface area contributed by atoms with E-state index in [1.165, 1.54) is 22.3 Å². The first-order chi connectivity index (χ1) is 9.53. The van der Waals surface area contributed by atoms with E-state index in [0.717, 1.165) is 25.9 Å². The molecule has 2 unspecified atom stereocenters. The van der Waals surface area contributed by atoms with Gasteiger partial charge in [-0.2, -0.15) is 0 Å². The van der Waals surface area contributed by atoms with Crippen molar-refractivity contribution in [1.29, 1.82) is 0 Å². The summed E-state index contributed by atoms with van der Waals surface area (Å²) in [5.41, 5.74) is 5.61. The average molecular weight is 277 g/mol. The number of nitrogens with one attached hydrogen (secondary N) is 1. The van der Waals surface area contributed by atoms with Crippen molar-refractivity contribution in [2.24, 2.45) is 0 Å². The number of hydrogen-bond acceptors (Lipinski definition) is 2. The van der Waals surface area contributed by atoms with Crippen LogP contribution in [0.3, 0.4) is 0 Å². The standard InChI is InChI=1S/C18H31NO/c1-7-9-18(20-8-2)17(19-6)12-16-14(4)10-13(3)11-15(16)5/h10-11,17-19H,7-9,12H2,1-6H3. The molecule has 0 fully saturated rings. The molecule has 0 radical (unpaired) electrons. The van der Waals surface area contributed by atoms with Gasteiger partial charge in [0.1, 0.15) is 0 Å². The molecule has 0 aliphatic rings. The summed E-state index contributed by atoms with van der Waals surface area (Å²) in [5, 5.41) is 3.46. The van der Waals surface area contributed by atoms with Crippen LogP contribution in [0.1, 0.15) is 48.9 Å². The maximum absolute atomic E-state index is 5.95. The maximum Gasteiger partial charge on any atom is 0.0730 e. The van der Waals surface area contributed by atoms with Crippen molar-refractivity contribution in [2.75, 3.05) is 13.7 Å². The molecule has 0 amide bonds. The van der Waals surface area contributed by atoms with Crippen LogP contribution in [-0.4, -0.2) is 25.8 Å². The summed E-state index contributed by atoms with van der Waals surface area (Å²) in [4.78, 5) is 0. The Kier molecular flexibility index (Phi) is 7.25. The molecular formula is C18H31NO. The highest BCUT2D eigenvalue weighted by Crippen LogP contribution is 2.20. The first kappa shape index (κ1) is 17.2. The zero-order valence-corrected chi connectivity index (χ0v) is 14.0. The first-order valence-corrected chi connectivity index (χ1v) is 7.89. The summed E-state index contributed by atoms with van der Waals surface area (Å²) in [7, 11) is 2.05. The predicted octanol–water partition coefficient (Wildman–Crippen LogP) is 3.95. The van der Waals surface area contributed by atoms with Gasteiger partial charge in [-0.05, 0) is 64.3 Å². The minimum atomic E-state index is 0.301. The zero-order chi connectivity index (χ0) is 15.1. The van der Waals surface area contributed by atoms with Gasteiger partial charge in [0.15, 0.2) is 0 Å². The molecule has 20 heavy (non-hydrogen) atoms. The second-order valence-electron chi connectivity index (χ2n) is 5.76. The normalized spacial score (nSPS) is 14.3. The molecule has 0 saturated heterocycles. The quantitative estimate of drug-likeness (QED) is 0.777. The van der Waals surface area contributed by atoms with Gasteiger partial charge in [0.05, 0.1) is 6.10 Å². The van der Waals surface area contributed by atoms with Gasteiger partial charge in [0, 0.05) is 12.6 Å². The Morgan fingerprint density at radius 2 is 1.70 bits per heavy atom. The third-order valence-corrected chi connectivity index (χ3v) is 4.04. The predicted molar refractivity (Wildman–Crippen MR) is 87.5 cm³/mol. The van der Waals surface area contributed by atoms with Crippen molar-refractivity contribution in [1.82, 2.24) is 5.32 Å². The molecule has 2 heteroatoms. The van der Waals surface area contributed by atoms with E-state index in [1.54, 1.807) is 0 Å². The maximum atomic E-state index is 5.95. The van der Waals surface area contributed by atoms with E-state index < -0.39 is 0 Å². The fourth-order valence-electron chi connectivity index (χ4n) is 3.07. The Bertz CT molecular complexity index is 385. The van der Waals surface area contributed by atoms with Crippen molar-refractivity contribution in [3.63, 3.8) is 0 Å². The summed E-state index contributed by atoms with van der Waals surface area (Å²) in [6, 6.07) is 4.95. The molecule has 0 heterocycles. The summed E-state index contributed by atoms with van der Waals surface area (Å²) >= 11 is 0. The van der Waals surface area contributed by atoms with Gasteiger partial charge < -0.3 is 10.1 Å². The Balaban J connectivity index is 2.92. The van der Waals surface area contributed by atoms with Crippen LogP contribution in [0.5, 0.6) is 0 Å². The van der Waals surface area contributed by atoms with E-state index in [0.29, 0.717) is 12.1 Å². The lowest BCUT2D eigenvalue weighted by Crippen LogP contribution is -2.41. The number of hydrogen-bond donors (Lipinski definition) is 1. The van der Waals surface area contributed by atoms with Crippen LogP contribution in [-0.2, 0) is 11.2 Å². The Hall–Kier alpha value is -0.860. The van der Waals surface area contributed by atoms with Crippen molar-refractivity contribution < 1.29 is 4.74 Å². The summed E-state index contributed by atoms with van der Waals surface area (Å²) < 4.78 is 5.95. The van der Waals surface area contributed by atoms with Crippen LogP contribution in [0.4, 0.5) is 0 Å². The highest BCUT2D eigenvalue weighted by molar-refractivity contribution is 5.38. The minimum absolute atomic E-state index is 0.301. The van der Waals surface area contributed by atoms with Crippen molar-refractivity contribution in [2.45, 2.75) is 66.0 Å². The molecule has 0 saturated carbocycles. The van der Waals surface area contributed by atoms with E-state index in [-0.39, 0.29) is 0 Å². The molecule has 1 N–H and O–H groups in total. The van der Waals surface area contributed by atoms with Crippen LogP contribution in [0.2, 0.25) is 0 Å². The highest BCUT2D eigenvalue weighted by atomic mass is 16.5. The lowest BCUT2D eigenvalue weighted by molar-refractivity contribution is 0.0300. The van der Waals surface area contributed by atoms with E-state index in [2.05, 4.69) is 52.1 Å². The summed E-state index contributed by atoms with van der Waals surface area (Å²) in [6.07, 6.45) is 3.62. The van der Waals surface area contributed by atoms with E-state index in [4.69, 9.17) is 4.74 Å². The van der Waals surface area contributed by atoms with Crippen LogP contribution in [0, 0.1) is 20.8 Å². The van der Waals surface area contributed by atoms with E-state index in [9.17, 15) is 0 Å². The molecule has 1 aromatic rings. The van der Waals surface area contributed by atoms with Gasteiger partial charge in [-0.25, -0.2) is 0 Å². The third kappa shape index (κ3) is 4.60. The largest absolute Gasteiger partial charge is 0.377 e. The van der Waals surface area contributed by atoms with Gasteiger partial charge in [-0.15, -0.1) is 0 Å². The monoisotopic (exact) mass is 277 g/mol. The summed E-state index contributed by atoms with van der Waals surface area (Å²) in [6.45, 7) is 11.7. The van der Waals surface area contributed by atoms with Gasteiger partial charge in [-0.3, -0.25) is 0 Å². The Labute approximate surface area is 124 Å². The molecule has 2 atom stereocenters. The molecule has 1 rings (SSSR count). The van der Waals surface area contributed by atoms with Crippen molar-refractivity contribution in [3.8, 4) is 0 Å². The number of rotatable bonds is 8. The fourth-order valence-corrected chi connectivity index (χ4v) is 3.07. The molecular weight excluding hydrogens is 246 g/mol. The van der Waals surface area contributed by atoms with Crippen LogP contribution < -0.4 is 5.32 Å². The molecule has 0 bridgehead atoms. The van der Waals surface area contributed by atoms with Crippen LogP contribution in [0.15, 0.2) is 12.1 Å².